The highest BCUT2D eigenvalue weighted by molar-refractivity contribution is 5.68. The summed E-state index contributed by atoms with van der Waals surface area (Å²) < 4.78 is 0. The SMILES string of the molecule is c1ncc2[nH]c(CC3CCCNC3)nc2n1. The molecule has 1 fully saturated rings. The average Bonchev–Trinajstić information content (AvgIpc) is 2.72. The van der Waals surface area contributed by atoms with E-state index in [1.54, 1.807) is 6.20 Å². The Hall–Kier alpha value is -1.49. The van der Waals surface area contributed by atoms with Crippen molar-refractivity contribution in [3.63, 3.8) is 0 Å². The van der Waals surface area contributed by atoms with Gasteiger partial charge in [-0.25, -0.2) is 15.0 Å². The Balaban J connectivity index is 1.78. The molecule has 0 aromatic carbocycles. The molecule has 2 N–H and O–H groups in total. The molecule has 0 radical (unpaired) electrons. The van der Waals surface area contributed by atoms with Crippen LogP contribution in [0.4, 0.5) is 0 Å². The van der Waals surface area contributed by atoms with E-state index in [0.29, 0.717) is 5.92 Å². The van der Waals surface area contributed by atoms with Gasteiger partial charge in [0.15, 0.2) is 5.65 Å². The summed E-state index contributed by atoms with van der Waals surface area (Å²) in [4.78, 5) is 15.9. The van der Waals surface area contributed by atoms with Gasteiger partial charge in [0.1, 0.15) is 17.7 Å². The molecule has 3 rings (SSSR count). The second-order valence-electron chi connectivity index (χ2n) is 4.36. The first-order valence-corrected chi connectivity index (χ1v) is 5.77. The number of aromatic amines is 1. The van der Waals surface area contributed by atoms with Crippen molar-refractivity contribution in [2.24, 2.45) is 5.92 Å². The molecule has 1 saturated heterocycles. The maximum atomic E-state index is 4.47. The molecule has 0 spiro atoms. The van der Waals surface area contributed by atoms with E-state index in [1.807, 2.05) is 0 Å². The van der Waals surface area contributed by atoms with Gasteiger partial charge < -0.3 is 10.3 Å². The van der Waals surface area contributed by atoms with Crippen LogP contribution in [-0.2, 0) is 6.42 Å². The summed E-state index contributed by atoms with van der Waals surface area (Å²) in [7, 11) is 0. The first kappa shape index (κ1) is 9.72. The summed E-state index contributed by atoms with van der Waals surface area (Å²) in [6.07, 6.45) is 6.87. The number of rotatable bonds is 2. The van der Waals surface area contributed by atoms with Crippen molar-refractivity contribution >= 4 is 11.2 Å². The lowest BCUT2D eigenvalue weighted by atomic mass is 9.96. The minimum absolute atomic E-state index is 0.697. The molecule has 16 heavy (non-hydrogen) atoms. The molecule has 0 aliphatic carbocycles. The molecule has 5 heteroatoms. The second-order valence-corrected chi connectivity index (χ2v) is 4.36. The zero-order chi connectivity index (χ0) is 10.8. The summed E-state index contributed by atoms with van der Waals surface area (Å²) in [6, 6.07) is 0. The highest BCUT2D eigenvalue weighted by Crippen LogP contribution is 2.16. The summed E-state index contributed by atoms with van der Waals surface area (Å²) in [6.45, 7) is 2.25. The Morgan fingerprint density at radius 3 is 3.25 bits per heavy atom. The quantitative estimate of drug-likeness (QED) is 0.784. The Labute approximate surface area is 93.7 Å². The van der Waals surface area contributed by atoms with Gasteiger partial charge in [-0.15, -0.1) is 0 Å². The lowest BCUT2D eigenvalue weighted by Gasteiger charge is -2.21. The minimum Gasteiger partial charge on any atom is -0.339 e. The molecule has 5 nitrogen and oxygen atoms in total. The summed E-state index contributed by atoms with van der Waals surface area (Å²) in [5, 5.41) is 3.42. The van der Waals surface area contributed by atoms with Crippen LogP contribution in [0.25, 0.3) is 11.2 Å². The fourth-order valence-electron chi connectivity index (χ4n) is 2.28. The predicted molar refractivity (Wildman–Crippen MR) is 61.0 cm³/mol. The van der Waals surface area contributed by atoms with E-state index in [0.717, 1.165) is 36.5 Å². The van der Waals surface area contributed by atoms with Gasteiger partial charge in [-0.1, -0.05) is 0 Å². The summed E-state index contributed by atoms with van der Waals surface area (Å²) >= 11 is 0. The van der Waals surface area contributed by atoms with Crippen LogP contribution in [0.3, 0.4) is 0 Å². The normalized spacial score (nSPS) is 21.4. The van der Waals surface area contributed by atoms with Crippen molar-refractivity contribution in [2.75, 3.05) is 13.1 Å². The molecular formula is C11H15N5. The standard InChI is InChI=1S/C11H15N5/c1-2-8(5-12-3-1)4-10-15-9-6-13-7-14-11(9)16-10/h6-8,12H,1-5H2,(H,13,14,15,16). The van der Waals surface area contributed by atoms with Crippen molar-refractivity contribution in [2.45, 2.75) is 19.3 Å². The van der Waals surface area contributed by atoms with Gasteiger partial charge in [-0.05, 0) is 31.8 Å². The third-order valence-electron chi connectivity index (χ3n) is 3.09. The smallest absolute Gasteiger partial charge is 0.180 e. The number of nitrogens with zero attached hydrogens (tertiary/aromatic N) is 3. The maximum Gasteiger partial charge on any atom is 0.180 e. The van der Waals surface area contributed by atoms with E-state index in [-0.39, 0.29) is 0 Å². The number of imidazole rings is 1. The Bertz CT molecular complexity index is 439. The van der Waals surface area contributed by atoms with E-state index >= 15 is 0 Å². The van der Waals surface area contributed by atoms with Crippen molar-refractivity contribution in [3.8, 4) is 0 Å². The highest BCUT2D eigenvalue weighted by atomic mass is 15.0. The molecule has 1 aliphatic heterocycles. The molecule has 2 aromatic heterocycles. The number of aromatic nitrogens is 4. The van der Waals surface area contributed by atoms with Gasteiger partial charge in [0.2, 0.25) is 0 Å². The fourth-order valence-corrected chi connectivity index (χ4v) is 2.28. The third kappa shape index (κ3) is 1.90. The van der Waals surface area contributed by atoms with E-state index in [1.165, 1.54) is 19.2 Å². The lowest BCUT2D eigenvalue weighted by Crippen LogP contribution is -2.31. The number of hydrogen-bond donors (Lipinski definition) is 2. The zero-order valence-electron chi connectivity index (χ0n) is 9.11. The number of H-pyrrole nitrogens is 1. The average molecular weight is 217 g/mol. The number of nitrogens with one attached hydrogen (secondary N) is 2. The van der Waals surface area contributed by atoms with Gasteiger partial charge in [0.05, 0.1) is 6.20 Å². The van der Waals surface area contributed by atoms with E-state index < -0.39 is 0 Å². The molecule has 0 bridgehead atoms. The van der Waals surface area contributed by atoms with Crippen LogP contribution in [0.1, 0.15) is 18.7 Å². The van der Waals surface area contributed by atoms with Crippen LogP contribution in [0.15, 0.2) is 12.5 Å². The van der Waals surface area contributed by atoms with Crippen LogP contribution in [0.2, 0.25) is 0 Å². The van der Waals surface area contributed by atoms with E-state index in [9.17, 15) is 0 Å². The largest absolute Gasteiger partial charge is 0.339 e. The number of piperidine rings is 1. The molecule has 3 heterocycles. The predicted octanol–water partition coefficient (Wildman–Crippen LogP) is 0.895. The first-order valence-electron chi connectivity index (χ1n) is 5.77. The summed E-state index contributed by atoms with van der Waals surface area (Å²) in [5.41, 5.74) is 1.70. The Kier molecular flexibility index (Phi) is 2.53. The van der Waals surface area contributed by atoms with Gasteiger partial charge in [0.25, 0.3) is 0 Å². The molecule has 0 amide bonds. The van der Waals surface area contributed by atoms with Crippen LogP contribution in [0, 0.1) is 5.92 Å². The highest BCUT2D eigenvalue weighted by Gasteiger charge is 2.15. The third-order valence-corrected chi connectivity index (χ3v) is 3.09. The monoisotopic (exact) mass is 217 g/mol. The van der Waals surface area contributed by atoms with Gasteiger partial charge in [-0.3, -0.25) is 0 Å². The van der Waals surface area contributed by atoms with Gasteiger partial charge >= 0.3 is 0 Å². The molecule has 1 unspecified atom stereocenters. The molecular weight excluding hydrogens is 202 g/mol. The second kappa shape index (κ2) is 4.17. The van der Waals surface area contributed by atoms with Crippen molar-refractivity contribution in [1.82, 2.24) is 25.3 Å². The van der Waals surface area contributed by atoms with Crippen LogP contribution in [0.5, 0.6) is 0 Å². The lowest BCUT2D eigenvalue weighted by molar-refractivity contribution is 0.371. The molecule has 84 valence electrons. The molecule has 2 aromatic rings. The van der Waals surface area contributed by atoms with E-state index in [4.69, 9.17) is 0 Å². The van der Waals surface area contributed by atoms with Crippen LogP contribution in [-0.4, -0.2) is 33.0 Å². The van der Waals surface area contributed by atoms with Crippen molar-refractivity contribution in [1.29, 1.82) is 0 Å². The van der Waals surface area contributed by atoms with Crippen molar-refractivity contribution < 1.29 is 0 Å². The first-order chi connectivity index (χ1) is 7.92. The zero-order valence-corrected chi connectivity index (χ0v) is 9.11. The number of fused-ring (bicyclic) bond motifs is 1. The van der Waals surface area contributed by atoms with Crippen LogP contribution >= 0.6 is 0 Å². The molecule has 1 atom stereocenters. The fraction of sp³-hybridized carbons (Fsp3) is 0.545. The molecule has 1 aliphatic rings. The maximum absolute atomic E-state index is 4.47. The Morgan fingerprint density at radius 1 is 1.44 bits per heavy atom. The van der Waals surface area contributed by atoms with Gasteiger partial charge in [-0.2, -0.15) is 0 Å². The Morgan fingerprint density at radius 2 is 2.44 bits per heavy atom. The van der Waals surface area contributed by atoms with Crippen molar-refractivity contribution in [3.05, 3.63) is 18.3 Å². The minimum atomic E-state index is 0.697. The molecule has 0 saturated carbocycles. The number of hydrogen-bond acceptors (Lipinski definition) is 4. The van der Waals surface area contributed by atoms with Crippen LogP contribution < -0.4 is 5.32 Å². The topological polar surface area (TPSA) is 66.5 Å². The van der Waals surface area contributed by atoms with E-state index in [2.05, 4.69) is 25.3 Å². The summed E-state index contributed by atoms with van der Waals surface area (Å²) in [5.74, 6) is 1.73. The van der Waals surface area contributed by atoms with Gasteiger partial charge in [0, 0.05) is 6.42 Å².